The van der Waals surface area contributed by atoms with Crippen molar-refractivity contribution < 1.29 is 22.7 Å². The first-order chi connectivity index (χ1) is 11.4. The van der Waals surface area contributed by atoms with Crippen LogP contribution in [0.2, 0.25) is 0 Å². The quantitative estimate of drug-likeness (QED) is 0.767. The van der Waals surface area contributed by atoms with Crippen LogP contribution < -0.4 is 19.1 Å². The van der Waals surface area contributed by atoms with E-state index in [2.05, 4.69) is 4.72 Å². The molecule has 10 heteroatoms. The molecule has 2 heterocycles. The normalized spacial score (nSPS) is 23.2. The lowest BCUT2D eigenvalue weighted by molar-refractivity contribution is -0.118. The summed E-state index contributed by atoms with van der Waals surface area (Å²) in [5.41, 5.74) is 1.31. The zero-order chi connectivity index (χ0) is 17.5. The van der Waals surface area contributed by atoms with Crippen molar-refractivity contribution in [3.63, 3.8) is 0 Å². The number of nitrogens with zero attached hydrogens (tertiary/aromatic N) is 1. The van der Waals surface area contributed by atoms with E-state index >= 15 is 0 Å². The third-order valence-corrected chi connectivity index (χ3v) is 6.73. The highest BCUT2D eigenvalue weighted by atomic mass is 33.1. The van der Waals surface area contributed by atoms with Crippen molar-refractivity contribution in [2.45, 2.75) is 11.3 Å². The summed E-state index contributed by atoms with van der Waals surface area (Å²) in [7, 11) is 2.48. The number of rotatable bonds is 5. The van der Waals surface area contributed by atoms with Gasteiger partial charge in [0.15, 0.2) is 0 Å². The molecule has 1 aromatic rings. The molecule has 1 amide bonds. The lowest BCUT2D eigenvalue weighted by Crippen LogP contribution is -2.44. The highest BCUT2D eigenvalue weighted by Crippen LogP contribution is 2.50. The SMILES string of the molecule is COc1ccc(N2C(=O)C(NS(C)(=O)=O)C3SSC=C32)c(OC)c1. The number of fused-ring (bicyclic) bond motifs is 1. The minimum absolute atomic E-state index is 0.274. The summed E-state index contributed by atoms with van der Waals surface area (Å²) in [5.74, 6) is 0.756. The monoisotopic (exact) mass is 388 g/mol. The number of methoxy groups -OCH3 is 2. The minimum atomic E-state index is -3.51. The lowest BCUT2D eigenvalue weighted by atomic mass is 10.2. The Morgan fingerprint density at radius 2 is 2.00 bits per heavy atom. The van der Waals surface area contributed by atoms with Crippen LogP contribution in [0.4, 0.5) is 5.69 Å². The largest absolute Gasteiger partial charge is 0.497 e. The van der Waals surface area contributed by atoms with Gasteiger partial charge in [0.25, 0.3) is 5.91 Å². The number of hydrogen-bond acceptors (Lipinski definition) is 7. The molecule has 2 aliphatic rings. The number of benzene rings is 1. The number of amides is 1. The predicted molar refractivity (Wildman–Crippen MR) is 95.9 cm³/mol. The zero-order valence-corrected chi connectivity index (χ0v) is 15.6. The van der Waals surface area contributed by atoms with E-state index in [0.717, 1.165) is 12.0 Å². The molecule has 0 aromatic heterocycles. The van der Waals surface area contributed by atoms with E-state index in [-0.39, 0.29) is 11.2 Å². The van der Waals surface area contributed by atoms with Crippen LogP contribution in [-0.4, -0.2) is 46.1 Å². The van der Waals surface area contributed by atoms with Gasteiger partial charge in [0.05, 0.1) is 31.4 Å². The van der Waals surface area contributed by atoms with Crippen LogP contribution in [-0.2, 0) is 14.8 Å². The van der Waals surface area contributed by atoms with Crippen molar-refractivity contribution in [3.8, 4) is 11.5 Å². The van der Waals surface area contributed by atoms with Gasteiger partial charge < -0.3 is 9.47 Å². The fourth-order valence-electron chi connectivity index (χ4n) is 2.63. The summed E-state index contributed by atoms with van der Waals surface area (Å²) < 4.78 is 36.2. The number of anilines is 1. The highest BCUT2D eigenvalue weighted by molar-refractivity contribution is 8.78. The van der Waals surface area contributed by atoms with E-state index in [9.17, 15) is 13.2 Å². The molecule has 24 heavy (non-hydrogen) atoms. The number of carbonyl (C=O) groups is 1. The number of ether oxygens (including phenoxy) is 2. The molecule has 1 aromatic carbocycles. The molecule has 0 saturated carbocycles. The van der Waals surface area contributed by atoms with Gasteiger partial charge in [-0.15, -0.1) is 0 Å². The summed E-state index contributed by atoms with van der Waals surface area (Å²) in [5, 5.41) is 1.59. The number of sulfonamides is 1. The van der Waals surface area contributed by atoms with Gasteiger partial charge >= 0.3 is 0 Å². The van der Waals surface area contributed by atoms with Gasteiger partial charge in [0.2, 0.25) is 10.0 Å². The Labute approximate surface area is 148 Å². The first kappa shape index (κ1) is 17.5. The molecular weight excluding hydrogens is 372 g/mol. The average molecular weight is 388 g/mol. The van der Waals surface area contributed by atoms with Crippen LogP contribution in [0.3, 0.4) is 0 Å². The first-order valence-corrected chi connectivity index (χ1v) is 11.1. The zero-order valence-electron chi connectivity index (χ0n) is 13.2. The van der Waals surface area contributed by atoms with Gasteiger partial charge in [-0.2, -0.15) is 0 Å². The molecule has 7 nitrogen and oxygen atoms in total. The van der Waals surface area contributed by atoms with Gasteiger partial charge in [-0.1, -0.05) is 21.6 Å². The summed E-state index contributed by atoms with van der Waals surface area (Å²) >= 11 is 0. The van der Waals surface area contributed by atoms with Crippen molar-refractivity contribution >= 4 is 43.2 Å². The maximum Gasteiger partial charge on any atom is 0.251 e. The van der Waals surface area contributed by atoms with Crippen LogP contribution in [0.25, 0.3) is 0 Å². The van der Waals surface area contributed by atoms with Gasteiger partial charge in [-0.3, -0.25) is 9.69 Å². The van der Waals surface area contributed by atoms with E-state index in [1.165, 1.54) is 33.6 Å². The van der Waals surface area contributed by atoms with E-state index in [1.54, 1.807) is 25.3 Å². The van der Waals surface area contributed by atoms with Crippen molar-refractivity contribution in [3.05, 3.63) is 29.3 Å². The van der Waals surface area contributed by atoms with Crippen LogP contribution in [0.15, 0.2) is 29.3 Å². The highest BCUT2D eigenvalue weighted by Gasteiger charge is 2.49. The topological polar surface area (TPSA) is 84.9 Å². The van der Waals surface area contributed by atoms with E-state index in [0.29, 0.717) is 17.2 Å². The molecule has 2 aliphatic heterocycles. The molecule has 1 N–H and O–H groups in total. The molecule has 1 fully saturated rings. The third-order valence-electron chi connectivity index (χ3n) is 3.64. The third kappa shape index (κ3) is 3.10. The van der Waals surface area contributed by atoms with Crippen molar-refractivity contribution in [2.24, 2.45) is 0 Å². The fourth-order valence-corrected chi connectivity index (χ4v) is 6.04. The average Bonchev–Trinajstić information content (AvgIpc) is 3.09. The number of hydrogen-bond donors (Lipinski definition) is 1. The van der Waals surface area contributed by atoms with Crippen molar-refractivity contribution in [1.82, 2.24) is 4.72 Å². The number of nitrogens with one attached hydrogen (secondary N) is 1. The van der Waals surface area contributed by atoms with E-state index < -0.39 is 16.1 Å². The second kappa shape index (κ2) is 6.51. The Morgan fingerprint density at radius 1 is 1.25 bits per heavy atom. The smallest absolute Gasteiger partial charge is 0.251 e. The van der Waals surface area contributed by atoms with Gasteiger partial charge in [0, 0.05) is 17.2 Å². The number of carbonyl (C=O) groups excluding carboxylic acids is 1. The second-order valence-corrected chi connectivity index (χ2v) is 9.30. The summed E-state index contributed by atoms with van der Waals surface area (Å²) in [6.07, 6.45) is 1.05. The Bertz CT molecular complexity index is 809. The van der Waals surface area contributed by atoms with Crippen molar-refractivity contribution in [2.75, 3.05) is 25.4 Å². The molecule has 0 spiro atoms. The minimum Gasteiger partial charge on any atom is -0.497 e. The fraction of sp³-hybridized carbons (Fsp3) is 0.357. The lowest BCUT2D eigenvalue weighted by Gasteiger charge is -2.21. The molecule has 0 radical (unpaired) electrons. The Balaban J connectivity index is 2.03. The molecule has 130 valence electrons. The van der Waals surface area contributed by atoms with Crippen LogP contribution in [0, 0.1) is 0 Å². The summed E-state index contributed by atoms with van der Waals surface area (Å²) in [6.45, 7) is 0. The molecular formula is C14H16N2O5S3. The molecule has 0 aliphatic carbocycles. The second-order valence-electron chi connectivity index (χ2n) is 5.23. The van der Waals surface area contributed by atoms with Gasteiger partial charge in [-0.05, 0) is 12.1 Å². The molecule has 3 rings (SSSR count). The maximum absolute atomic E-state index is 12.9. The Kier molecular flexibility index (Phi) is 4.73. The van der Waals surface area contributed by atoms with Crippen LogP contribution in [0.5, 0.6) is 11.5 Å². The molecule has 0 bridgehead atoms. The Morgan fingerprint density at radius 3 is 2.62 bits per heavy atom. The summed E-state index contributed by atoms with van der Waals surface area (Å²) in [6, 6.07) is 4.31. The molecule has 2 atom stereocenters. The van der Waals surface area contributed by atoms with Gasteiger partial charge in [-0.25, -0.2) is 13.1 Å². The first-order valence-electron chi connectivity index (χ1n) is 6.91. The van der Waals surface area contributed by atoms with E-state index in [4.69, 9.17) is 9.47 Å². The predicted octanol–water partition coefficient (Wildman–Crippen LogP) is 1.57. The maximum atomic E-state index is 12.9. The van der Waals surface area contributed by atoms with E-state index in [1.807, 2.05) is 5.41 Å². The van der Waals surface area contributed by atoms with Crippen LogP contribution >= 0.6 is 21.6 Å². The standard InChI is InChI=1S/C14H16N2O5S3/c1-20-8-4-5-9(11(6-8)21-2)16-10-7-22-23-13(10)12(14(16)17)15-24(3,18)19/h4-7,12-13,15H,1-3H3. The summed E-state index contributed by atoms with van der Waals surface area (Å²) in [4.78, 5) is 14.4. The van der Waals surface area contributed by atoms with Gasteiger partial charge in [0.1, 0.15) is 17.5 Å². The van der Waals surface area contributed by atoms with Crippen molar-refractivity contribution in [1.29, 1.82) is 0 Å². The van der Waals surface area contributed by atoms with Crippen LogP contribution in [0.1, 0.15) is 0 Å². The molecule has 1 saturated heterocycles. The Hall–Kier alpha value is -1.36. The molecule has 2 unspecified atom stereocenters.